The van der Waals surface area contributed by atoms with Crippen molar-refractivity contribution in [3.05, 3.63) is 47.8 Å². The fourth-order valence-electron chi connectivity index (χ4n) is 2.13. The van der Waals surface area contributed by atoms with Crippen molar-refractivity contribution in [3.8, 4) is 11.5 Å². The summed E-state index contributed by atoms with van der Waals surface area (Å²) in [4.78, 5) is 14.6. The standard InChI is InChI=1S/C13H12N2O3/c14-13(16)12(9-3-4-15-6-9)8-1-2-10-11(5-8)18-7-17-10/h1-6,12,15H,7H2,(H2,14,16). The number of amides is 1. The first-order valence-corrected chi connectivity index (χ1v) is 5.57. The summed E-state index contributed by atoms with van der Waals surface area (Å²) < 4.78 is 10.5. The maximum absolute atomic E-state index is 11.6. The molecular formula is C13H12N2O3. The van der Waals surface area contributed by atoms with Crippen LogP contribution in [-0.2, 0) is 4.79 Å². The van der Waals surface area contributed by atoms with Gasteiger partial charge in [-0.1, -0.05) is 6.07 Å². The molecule has 0 fully saturated rings. The van der Waals surface area contributed by atoms with E-state index in [4.69, 9.17) is 15.2 Å². The lowest BCUT2D eigenvalue weighted by atomic mass is 9.92. The van der Waals surface area contributed by atoms with Gasteiger partial charge in [-0.25, -0.2) is 0 Å². The van der Waals surface area contributed by atoms with Crippen molar-refractivity contribution >= 4 is 5.91 Å². The number of aromatic nitrogens is 1. The zero-order chi connectivity index (χ0) is 12.5. The molecule has 1 unspecified atom stereocenters. The van der Waals surface area contributed by atoms with Gasteiger partial charge in [-0.2, -0.15) is 0 Å². The van der Waals surface area contributed by atoms with Crippen LogP contribution in [0, 0.1) is 0 Å². The number of aromatic amines is 1. The van der Waals surface area contributed by atoms with Crippen molar-refractivity contribution in [2.45, 2.75) is 5.92 Å². The largest absolute Gasteiger partial charge is 0.454 e. The highest BCUT2D eigenvalue weighted by atomic mass is 16.7. The molecule has 1 atom stereocenters. The predicted octanol–water partition coefficient (Wildman–Crippen LogP) is 1.36. The Morgan fingerprint density at radius 3 is 2.78 bits per heavy atom. The van der Waals surface area contributed by atoms with Crippen LogP contribution in [0.4, 0.5) is 0 Å². The second-order valence-electron chi connectivity index (χ2n) is 4.09. The van der Waals surface area contributed by atoms with Gasteiger partial charge >= 0.3 is 0 Å². The molecule has 1 aromatic carbocycles. The molecule has 0 bridgehead atoms. The number of ether oxygens (including phenoxy) is 2. The van der Waals surface area contributed by atoms with Crippen molar-refractivity contribution in [2.24, 2.45) is 5.73 Å². The summed E-state index contributed by atoms with van der Waals surface area (Å²) in [7, 11) is 0. The van der Waals surface area contributed by atoms with E-state index < -0.39 is 11.8 Å². The maximum atomic E-state index is 11.6. The highest BCUT2D eigenvalue weighted by molar-refractivity contribution is 5.85. The summed E-state index contributed by atoms with van der Waals surface area (Å²) in [5.41, 5.74) is 7.11. The fourth-order valence-corrected chi connectivity index (χ4v) is 2.13. The third-order valence-electron chi connectivity index (χ3n) is 2.97. The van der Waals surface area contributed by atoms with Gasteiger partial charge < -0.3 is 20.2 Å². The van der Waals surface area contributed by atoms with E-state index in [1.165, 1.54) is 0 Å². The monoisotopic (exact) mass is 244 g/mol. The summed E-state index contributed by atoms with van der Waals surface area (Å²) in [5.74, 6) is 0.463. The number of benzene rings is 1. The molecule has 1 amide bonds. The molecule has 3 rings (SSSR count). The molecule has 18 heavy (non-hydrogen) atoms. The third kappa shape index (κ3) is 1.69. The molecule has 2 aromatic rings. The van der Waals surface area contributed by atoms with Crippen LogP contribution in [-0.4, -0.2) is 17.7 Å². The number of nitrogens with two attached hydrogens (primary N) is 1. The highest BCUT2D eigenvalue weighted by Gasteiger charge is 2.23. The second-order valence-corrected chi connectivity index (χ2v) is 4.09. The van der Waals surface area contributed by atoms with E-state index in [-0.39, 0.29) is 6.79 Å². The minimum absolute atomic E-state index is 0.212. The molecule has 0 spiro atoms. The molecule has 0 aliphatic carbocycles. The molecule has 5 heteroatoms. The van der Waals surface area contributed by atoms with Crippen LogP contribution in [0.25, 0.3) is 0 Å². The first-order chi connectivity index (χ1) is 8.75. The number of hydrogen-bond donors (Lipinski definition) is 2. The van der Waals surface area contributed by atoms with Crippen LogP contribution < -0.4 is 15.2 Å². The number of nitrogens with one attached hydrogen (secondary N) is 1. The molecule has 3 N–H and O–H groups in total. The summed E-state index contributed by atoms with van der Waals surface area (Å²) >= 11 is 0. The molecule has 1 aliphatic rings. The van der Waals surface area contributed by atoms with Crippen LogP contribution in [0.2, 0.25) is 0 Å². The van der Waals surface area contributed by atoms with E-state index >= 15 is 0 Å². The molecule has 1 aliphatic heterocycles. The molecule has 0 saturated heterocycles. The van der Waals surface area contributed by atoms with Gasteiger partial charge in [0.25, 0.3) is 0 Å². The Kier molecular flexibility index (Phi) is 2.44. The van der Waals surface area contributed by atoms with Crippen molar-refractivity contribution < 1.29 is 14.3 Å². The molecule has 5 nitrogen and oxygen atoms in total. The van der Waals surface area contributed by atoms with Crippen molar-refractivity contribution in [1.82, 2.24) is 4.98 Å². The number of carbonyl (C=O) groups is 1. The minimum Gasteiger partial charge on any atom is -0.454 e. The minimum atomic E-state index is -0.481. The zero-order valence-electron chi connectivity index (χ0n) is 9.55. The predicted molar refractivity (Wildman–Crippen MR) is 64.4 cm³/mol. The normalized spacial score (nSPS) is 14.4. The van der Waals surface area contributed by atoms with Crippen molar-refractivity contribution in [2.75, 3.05) is 6.79 Å². The Bertz CT molecular complexity index is 578. The van der Waals surface area contributed by atoms with Gasteiger partial charge in [-0.15, -0.1) is 0 Å². The van der Waals surface area contributed by atoms with Gasteiger partial charge in [0.15, 0.2) is 11.5 Å². The molecule has 1 aromatic heterocycles. The Labute approximate surface area is 104 Å². The molecule has 92 valence electrons. The second kappa shape index (κ2) is 4.10. The Balaban J connectivity index is 2.03. The van der Waals surface area contributed by atoms with E-state index in [9.17, 15) is 4.79 Å². The lowest BCUT2D eigenvalue weighted by Gasteiger charge is -2.12. The average molecular weight is 244 g/mol. The third-order valence-corrected chi connectivity index (χ3v) is 2.97. The van der Waals surface area contributed by atoms with Gasteiger partial charge in [0.1, 0.15) is 0 Å². The van der Waals surface area contributed by atoms with Crippen molar-refractivity contribution in [3.63, 3.8) is 0 Å². The van der Waals surface area contributed by atoms with Crippen molar-refractivity contribution in [1.29, 1.82) is 0 Å². The quantitative estimate of drug-likeness (QED) is 0.855. The van der Waals surface area contributed by atoms with E-state index in [0.29, 0.717) is 11.5 Å². The first-order valence-electron chi connectivity index (χ1n) is 5.57. The maximum Gasteiger partial charge on any atom is 0.231 e. The number of fused-ring (bicyclic) bond motifs is 1. The summed E-state index contributed by atoms with van der Waals surface area (Å²) in [6.07, 6.45) is 3.53. The first kappa shape index (κ1) is 10.7. The SMILES string of the molecule is NC(=O)C(c1cc[nH]c1)c1ccc2c(c1)OCO2. The summed E-state index contributed by atoms with van der Waals surface area (Å²) in [6, 6.07) is 7.25. The van der Waals surface area contributed by atoms with Gasteiger partial charge in [-0.05, 0) is 29.3 Å². The van der Waals surface area contributed by atoms with Gasteiger partial charge in [0, 0.05) is 12.4 Å². The Morgan fingerprint density at radius 1 is 1.22 bits per heavy atom. The highest BCUT2D eigenvalue weighted by Crippen LogP contribution is 2.36. The van der Waals surface area contributed by atoms with Crippen LogP contribution >= 0.6 is 0 Å². The average Bonchev–Trinajstić information content (AvgIpc) is 2.98. The zero-order valence-corrected chi connectivity index (χ0v) is 9.55. The summed E-state index contributed by atoms with van der Waals surface area (Å²) in [5, 5.41) is 0. The number of H-pyrrole nitrogens is 1. The van der Waals surface area contributed by atoms with Gasteiger partial charge in [-0.3, -0.25) is 4.79 Å². The van der Waals surface area contributed by atoms with Crippen LogP contribution in [0.15, 0.2) is 36.7 Å². The molecule has 0 saturated carbocycles. The van der Waals surface area contributed by atoms with Gasteiger partial charge in [0.05, 0.1) is 5.92 Å². The van der Waals surface area contributed by atoms with E-state index in [0.717, 1.165) is 11.1 Å². The Morgan fingerprint density at radius 2 is 2.06 bits per heavy atom. The lowest BCUT2D eigenvalue weighted by molar-refractivity contribution is -0.118. The lowest BCUT2D eigenvalue weighted by Crippen LogP contribution is -2.22. The smallest absolute Gasteiger partial charge is 0.231 e. The van der Waals surface area contributed by atoms with Crippen LogP contribution in [0.1, 0.15) is 17.0 Å². The number of primary amides is 1. The van der Waals surface area contributed by atoms with E-state index in [2.05, 4.69) is 4.98 Å². The van der Waals surface area contributed by atoms with E-state index in [1.807, 2.05) is 12.1 Å². The fraction of sp³-hybridized carbons (Fsp3) is 0.154. The number of rotatable bonds is 3. The van der Waals surface area contributed by atoms with Gasteiger partial charge in [0.2, 0.25) is 12.7 Å². The van der Waals surface area contributed by atoms with E-state index in [1.54, 1.807) is 24.5 Å². The molecule has 0 radical (unpaired) electrons. The van der Waals surface area contributed by atoms with Crippen LogP contribution in [0.5, 0.6) is 11.5 Å². The number of hydrogen-bond acceptors (Lipinski definition) is 3. The number of carbonyl (C=O) groups excluding carboxylic acids is 1. The molecule has 2 heterocycles. The topological polar surface area (TPSA) is 77.3 Å². The van der Waals surface area contributed by atoms with Crippen LogP contribution in [0.3, 0.4) is 0 Å². The Hall–Kier alpha value is -2.43. The summed E-state index contributed by atoms with van der Waals surface area (Å²) in [6.45, 7) is 0.212. The molecular weight excluding hydrogens is 232 g/mol.